The monoisotopic (exact) mass is 295 g/mol. The summed E-state index contributed by atoms with van der Waals surface area (Å²) in [5, 5.41) is 3.79. The minimum Gasteiger partial charge on any atom is -0.377 e. The molecule has 1 heterocycles. The number of rotatable bonds is 5. The third-order valence-electron chi connectivity index (χ3n) is 6.36. The third kappa shape index (κ3) is 3.02. The average molecular weight is 295 g/mol. The van der Waals surface area contributed by atoms with E-state index in [4.69, 9.17) is 9.47 Å². The first-order chi connectivity index (χ1) is 10.2. The number of methoxy groups -OCH3 is 1. The lowest BCUT2D eigenvalue weighted by Gasteiger charge is -2.53. The van der Waals surface area contributed by atoms with E-state index >= 15 is 0 Å². The maximum atomic E-state index is 6.29. The molecule has 0 amide bonds. The predicted molar refractivity (Wildman–Crippen MR) is 85.5 cm³/mol. The van der Waals surface area contributed by atoms with Crippen LogP contribution >= 0.6 is 0 Å². The van der Waals surface area contributed by atoms with Crippen LogP contribution in [0.25, 0.3) is 0 Å². The molecule has 0 bridgehead atoms. The molecule has 0 radical (unpaired) electrons. The van der Waals surface area contributed by atoms with Crippen molar-refractivity contribution < 1.29 is 9.47 Å². The van der Waals surface area contributed by atoms with Gasteiger partial charge in [0.1, 0.15) is 0 Å². The van der Waals surface area contributed by atoms with Gasteiger partial charge in [-0.05, 0) is 57.4 Å². The molecule has 2 saturated carbocycles. The summed E-state index contributed by atoms with van der Waals surface area (Å²) < 4.78 is 12.3. The highest BCUT2D eigenvalue weighted by molar-refractivity contribution is 5.05. The van der Waals surface area contributed by atoms with Gasteiger partial charge in [-0.25, -0.2) is 0 Å². The number of nitrogens with one attached hydrogen (secondary N) is 1. The van der Waals surface area contributed by atoms with Crippen molar-refractivity contribution in [1.82, 2.24) is 5.32 Å². The van der Waals surface area contributed by atoms with Gasteiger partial charge in [0.25, 0.3) is 0 Å². The van der Waals surface area contributed by atoms with Crippen LogP contribution in [0.3, 0.4) is 0 Å². The van der Waals surface area contributed by atoms with Crippen molar-refractivity contribution in [3.05, 3.63) is 0 Å². The Kier molecular flexibility index (Phi) is 4.92. The summed E-state index contributed by atoms with van der Waals surface area (Å²) >= 11 is 0. The standard InChI is InChI=1S/C18H33NO2/c1-3-19-16(18(20-2)11-7-12-18)15-8-13-21-17(14-15)9-5-4-6-10-17/h15-16,19H,3-14H2,1-2H3. The highest BCUT2D eigenvalue weighted by atomic mass is 16.5. The normalized spacial score (nSPS) is 32.6. The number of ether oxygens (including phenoxy) is 2. The first kappa shape index (κ1) is 15.8. The molecule has 0 aromatic rings. The zero-order valence-electron chi connectivity index (χ0n) is 14.0. The van der Waals surface area contributed by atoms with Crippen molar-refractivity contribution in [2.24, 2.45) is 5.92 Å². The molecule has 0 aromatic carbocycles. The highest BCUT2D eigenvalue weighted by Crippen LogP contribution is 2.47. The summed E-state index contributed by atoms with van der Waals surface area (Å²) in [6, 6.07) is 0.518. The Labute approximate surface area is 130 Å². The van der Waals surface area contributed by atoms with Crippen LogP contribution in [0.1, 0.15) is 71.1 Å². The maximum Gasteiger partial charge on any atom is 0.0833 e. The largest absolute Gasteiger partial charge is 0.377 e. The van der Waals surface area contributed by atoms with Gasteiger partial charge in [-0.2, -0.15) is 0 Å². The zero-order valence-corrected chi connectivity index (χ0v) is 14.0. The molecule has 1 N–H and O–H groups in total. The van der Waals surface area contributed by atoms with Crippen LogP contribution in [0.5, 0.6) is 0 Å². The van der Waals surface area contributed by atoms with Crippen LogP contribution in [-0.4, -0.2) is 37.5 Å². The summed E-state index contributed by atoms with van der Waals surface area (Å²) in [6.45, 7) is 4.22. The van der Waals surface area contributed by atoms with E-state index in [2.05, 4.69) is 12.2 Å². The van der Waals surface area contributed by atoms with Gasteiger partial charge in [0.05, 0.1) is 11.2 Å². The molecule has 2 atom stereocenters. The molecular formula is C18H33NO2. The Hall–Kier alpha value is -0.120. The Morgan fingerprint density at radius 3 is 2.48 bits per heavy atom. The molecule has 3 heteroatoms. The second kappa shape index (κ2) is 6.55. The highest BCUT2D eigenvalue weighted by Gasteiger charge is 2.50. The Balaban J connectivity index is 1.72. The summed E-state index contributed by atoms with van der Waals surface area (Å²) in [5.74, 6) is 0.719. The van der Waals surface area contributed by atoms with Crippen LogP contribution < -0.4 is 5.32 Å². The van der Waals surface area contributed by atoms with Gasteiger partial charge in [-0.15, -0.1) is 0 Å². The maximum absolute atomic E-state index is 6.29. The first-order valence-corrected chi connectivity index (χ1v) is 9.16. The summed E-state index contributed by atoms with van der Waals surface area (Å²) in [6.07, 6.45) is 12.9. The van der Waals surface area contributed by atoms with Crippen LogP contribution in [0.15, 0.2) is 0 Å². The van der Waals surface area contributed by atoms with E-state index in [1.165, 1.54) is 64.2 Å². The topological polar surface area (TPSA) is 30.5 Å². The van der Waals surface area contributed by atoms with Gasteiger partial charge < -0.3 is 14.8 Å². The fraction of sp³-hybridized carbons (Fsp3) is 1.00. The van der Waals surface area contributed by atoms with Crippen LogP contribution in [0, 0.1) is 5.92 Å². The number of likely N-dealkylation sites (N-methyl/N-ethyl adjacent to an activating group) is 1. The summed E-state index contributed by atoms with van der Waals surface area (Å²) in [4.78, 5) is 0. The average Bonchev–Trinajstić information content (AvgIpc) is 2.47. The Bertz CT molecular complexity index is 323. The summed E-state index contributed by atoms with van der Waals surface area (Å²) in [5.41, 5.74) is 0.307. The van der Waals surface area contributed by atoms with E-state index < -0.39 is 0 Å². The van der Waals surface area contributed by atoms with Crippen molar-refractivity contribution in [3.63, 3.8) is 0 Å². The van der Waals surface area contributed by atoms with E-state index in [-0.39, 0.29) is 11.2 Å². The lowest BCUT2D eigenvalue weighted by atomic mass is 9.65. The molecule has 1 spiro atoms. The fourth-order valence-corrected chi connectivity index (χ4v) is 5.06. The van der Waals surface area contributed by atoms with Gasteiger partial charge in [-0.1, -0.05) is 26.2 Å². The molecule has 2 unspecified atom stereocenters. The number of hydrogen-bond donors (Lipinski definition) is 1. The van der Waals surface area contributed by atoms with Crippen molar-refractivity contribution in [1.29, 1.82) is 0 Å². The smallest absolute Gasteiger partial charge is 0.0833 e. The molecule has 21 heavy (non-hydrogen) atoms. The molecule has 3 aliphatic rings. The van der Waals surface area contributed by atoms with Crippen LogP contribution in [0.4, 0.5) is 0 Å². The van der Waals surface area contributed by atoms with Gasteiger partial charge >= 0.3 is 0 Å². The number of hydrogen-bond acceptors (Lipinski definition) is 3. The van der Waals surface area contributed by atoms with Crippen molar-refractivity contribution >= 4 is 0 Å². The van der Waals surface area contributed by atoms with E-state index in [0.717, 1.165) is 19.1 Å². The van der Waals surface area contributed by atoms with E-state index in [1.807, 2.05) is 7.11 Å². The van der Waals surface area contributed by atoms with E-state index in [0.29, 0.717) is 6.04 Å². The third-order valence-corrected chi connectivity index (χ3v) is 6.36. The molecule has 3 fully saturated rings. The quantitative estimate of drug-likeness (QED) is 0.839. The molecule has 122 valence electrons. The SMILES string of the molecule is CCNC(C1CCOC2(CCCCC2)C1)C1(OC)CCC1. The van der Waals surface area contributed by atoms with Gasteiger partial charge in [-0.3, -0.25) is 0 Å². The Morgan fingerprint density at radius 1 is 1.14 bits per heavy atom. The Morgan fingerprint density at radius 2 is 1.90 bits per heavy atom. The zero-order chi connectivity index (χ0) is 14.8. The molecule has 3 rings (SSSR count). The minimum absolute atomic E-state index is 0.105. The second-order valence-corrected chi connectivity index (χ2v) is 7.50. The van der Waals surface area contributed by atoms with Gasteiger partial charge in [0.15, 0.2) is 0 Å². The molecule has 1 aliphatic heterocycles. The molecular weight excluding hydrogens is 262 g/mol. The fourth-order valence-electron chi connectivity index (χ4n) is 5.06. The van der Waals surface area contributed by atoms with Crippen molar-refractivity contribution in [2.75, 3.05) is 20.3 Å². The lowest BCUT2D eigenvalue weighted by molar-refractivity contribution is -0.156. The molecule has 3 nitrogen and oxygen atoms in total. The second-order valence-electron chi connectivity index (χ2n) is 7.50. The van der Waals surface area contributed by atoms with E-state index in [1.54, 1.807) is 0 Å². The molecule has 1 saturated heterocycles. The first-order valence-electron chi connectivity index (χ1n) is 9.16. The summed E-state index contributed by atoms with van der Waals surface area (Å²) in [7, 11) is 1.92. The van der Waals surface area contributed by atoms with Gasteiger partial charge in [0, 0.05) is 19.8 Å². The van der Waals surface area contributed by atoms with E-state index in [9.17, 15) is 0 Å². The van der Waals surface area contributed by atoms with Crippen LogP contribution in [-0.2, 0) is 9.47 Å². The predicted octanol–water partition coefficient (Wildman–Crippen LogP) is 3.66. The van der Waals surface area contributed by atoms with Crippen molar-refractivity contribution in [2.45, 2.75) is 88.4 Å². The lowest BCUT2D eigenvalue weighted by Crippen LogP contribution is -2.61. The minimum atomic E-state index is 0.105. The molecule has 0 aromatic heterocycles. The molecule has 2 aliphatic carbocycles. The van der Waals surface area contributed by atoms with Crippen molar-refractivity contribution in [3.8, 4) is 0 Å². The van der Waals surface area contributed by atoms with Crippen LogP contribution in [0.2, 0.25) is 0 Å². The van der Waals surface area contributed by atoms with Gasteiger partial charge in [0.2, 0.25) is 0 Å².